The number of rotatable bonds is 9. The van der Waals surface area contributed by atoms with E-state index in [1.165, 1.54) is 0 Å². The second kappa shape index (κ2) is 12.3. The van der Waals surface area contributed by atoms with Crippen molar-refractivity contribution >= 4 is 21.2 Å². The van der Waals surface area contributed by atoms with Gasteiger partial charge in [0, 0.05) is 26.6 Å². The average Bonchev–Trinajstić information content (AvgIpc) is 3.09. The summed E-state index contributed by atoms with van der Waals surface area (Å²) in [5, 5.41) is 12.7. The number of hydrogen-bond donors (Lipinski definition) is 2. The van der Waals surface area contributed by atoms with Crippen LogP contribution in [0.25, 0.3) is 11.1 Å². The third kappa shape index (κ3) is 6.84. The minimum absolute atomic E-state index is 0.0854. The van der Waals surface area contributed by atoms with E-state index in [4.69, 9.17) is 9.47 Å². The first-order chi connectivity index (χ1) is 15.6. The molecule has 1 aliphatic heterocycles. The van der Waals surface area contributed by atoms with Crippen molar-refractivity contribution in [2.75, 3.05) is 26.8 Å². The summed E-state index contributed by atoms with van der Waals surface area (Å²) in [5.74, 6) is -0.256. The Morgan fingerprint density at radius 3 is 2.78 bits per heavy atom. The molecule has 7 nitrogen and oxygen atoms in total. The molecule has 1 aliphatic rings. The maximum absolute atomic E-state index is 12.6. The highest BCUT2D eigenvalue weighted by atomic mass is 28.3. The van der Waals surface area contributed by atoms with Gasteiger partial charge in [0.15, 0.2) is 0 Å². The van der Waals surface area contributed by atoms with Crippen LogP contribution >= 0.6 is 0 Å². The van der Waals surface area contributed by atoms with E-state index in [1.807, 2.05) is 42.5 Å². The highest BCUT2D eigenvalue weighted by Crippen LogP contribution is 2.22. The number of amides is 1. The number of aldehydes is 1. The lowest BCUT2D eigenvalue weighted by molar-refractivity contribution is -0.131. The first kappa shape index (κ1) is 23.8. The van der Waals surface area contributed by atoms with E-state index in [2.05, 4.69) is 22.1 Å². The summed E-state index contributed by atoms with van der Waals surface area (Å²) in [5.41, 5.74) is 6.56. The first-order valence-electron chi connectivity index (χ1n) is 10.7. The third-order valence-corrected chi connectivity index (χ3v) is 6.95. The smallest absolute Gasteiger partial charge is 0.303 e. The number of hydrogen-bond acceptors (Lipinski definition) is 6. The van der Waals surface area contributed by atoms with Crippen LogP contribution in [0.1, 0.15) is 17.5 Å². The second-order valence-corrected chi connectivity index (χ2v) is 9.48. The van der Waals surface area contributed by atoms with Crippen LogP contribution in [-0.2, 0) is 31.5 Å². The highest BCUT2D eigenvalue weighted by molar-refractivity contribution is 6.66. The molecule has 1 radical (unpaired) electrons. The van der Waals surface area contributed by atoms with Gasteiger partial charge in [-0.2, -0.15) is 0 Å². The fourth-order valence-electron chi connectivity index (χ4n) is 3.53. The Labute approximate surface area is 190 Å². The zero-order chi connectivity index (χ0) is 22.8. The van der Waals surface area contributed by atoms with Crippen molar-refractivity contribution in [3.63, 3.8) is 0 Å². The van der Waals surface area contributed by atoms with Gasteiger partial charge < -0.3 is 24.6 Å². The quantitative estimate of drug-likeness (QED) is 0.446. The predicted octanol–water partition coefficient (Wildman–Crippen LogP) is 1.74. The molecule has 0 saturated carbocycles. The summed E-state index contributed by atoms with van der Waals surface area (Å²) in [6, 6.07) is 16.7. The molecule has 8 heteroatoms. The third-order valence-electron chi connectivity index (χ3n) is 5.37. The van der Waals surface area contributed by atoms with Gasteiger partial charge in [-0.05, 0) is 34.7 Å². The first-order valence-corrected chi connectivity index (χ1v) is 12.4. The van der Waals surface area contributed by atoms with Crippen molar-refractivity contribution in [2.45, 2.75) is 31.1 Å². The van der Waals surface area contributed by atoms with Crippen LogP contribution in [0.15, 0.2) is 48.5 Å². The lowest BCUT2D eigenvalue weighted by atomic mass is 10.0. The number of nitrogens with one attached hydrogen (secondary N) is 2. The number of nitrogens with zero attached hydrogens (tertiary/aromatic N) is 1. The molecule has 167 valence electrons. The summed E-state index contributed by atoms with van der Waals surface area (Å²) in [4.78, 5) is 26.1. The Balaban J connectivity index is 1.58. The van der Waals surface area contributed by atoms with Crippen LogP contribution in [0.4, 0.5) is 0 Å². The Morgan fingerprint density at radius 1 is 1.25 bits per heavy atom. The molecule has 1 fully saturated rings. The zero-order valence-corrected chi connectivity index (χ0v) is 19.2. The minimum Gasteiger partial charge on any atom is -0.378 e. The van der Waals surface area contributed by atoms with E-state index < -0.39 is 15.1 Å². The number of carbonyl (C=O) groups is 2. The molecule has 2 aromatic rings. The van der Waals surface area contributed by atoms with Gasteiger partial charge in [0.05, 0.1) is 18.4 Å². The molecule has 1 amide bonds. The predicted molar refractivity (Wildman–Crippen MR) is 123 cm³/mol. The molecule has 3 rings (SSSR count). The normalized spacial score (nSPS) is 18.5. The molecular formula is C24H28N3O4Si. The number of benzene rings is 2. The maximum Gasteiger partial charge on any atom is 0.303 e. The van der Waals surface area contributed by atoms with Gasteiger partial charge >= 0.3 is 8.96 Å². The van der Waals surface area contributed by atoms with Crippen molar-refractivity contribution in [2.24, 2.45) is 0 Å². The summed E-state index contributed by atoms with van der Waals surface area (Å²) in [6.45, 7) is 1.36. The summed E-state index contributed by atoms with van der Waals surface area (Å²) in [7, 11) is -0.160. The topological polar surface area (TPSA) is 100 Å². The minimum atomic E-state index is -1.77. The Kier molecular flexibility index (Phi) is 9.13. The molecule has 0 spiro atoms. The summed E-state index contributed by atoms with van der Waals surface area (Å²) in [6.07, 6.45) is 1.47. The lowest BCUT2D eigenvalue weighted by Gasteiger charge is -2.17. The van der Waals surface area contributed by atoms with E-state index in [1.54, 1.807) is 7.11 Å². The summed E-state index contributed by atoms with van der Waals surface area (Å²) >= 11 is 0. The Hall–Kier alpha value is -2.83. The molecule has 0 aliphatic carbocycles. The van der Waals surface area contributed by atoms with Gasteiger partial charge in [-0.25, -0.2) is 5.26 Å². The van der Waals surface area contributed by atoms with Gasteiger partial charge in [0.1, 0.15) is 12.4 Å². The Morgan fingerprint density at radius 2 is 2.06 bits per heavy atom. The fourth-order valence-corrected chi connectivity index (χ4v) is 4.85. The van der Waals surface area contributed by atoms with Crippen molar-refractivity contribution in [3.8, 4) is 16.8 Å². The van der Waals surface area contributed by atoms with Crippen LogP contribution < -0.4 is 10.3 Å². The van der Waals surface area contributed by atoms with Gasteiger partial charge in [0.25, 0.3) is 0 Å². The molecule has 0 bridgehead atoms. The average molecular weight is 451 g/mol. The zero-order valence-electron chi connectivity index (χ0n) is 18.2. The lowest BCUT2D eigenvalue weighted by Crippen LogP contribution is -2.48. The fraction of sp³-hybridized carbons (Fsp3) is 0.375. The van der Waals surface area contributed by atoms with Crippen LogP contribution in [0.2, 0.25) is 0 Å². The second-order valence-electron chi connectivity index (χ2n) is 7.70. The summed E-state index contributed by atoms with van der Waals surface area (Å²) < 4.78 is 10.9. The Bertz CT molecular complexity index is 945. The van der Waals surface area contributed by atoms with E-state index in [9.17, 15) is 14.9 Å². The molecular weight excluding hydrogens is 422 g/mol. The number of ether oxygens (including phenoxy) is 2. The number of nitriles is 1. The largest absolute Gasteiger partial charge is 0.378 e. The van der Waals surface area contributed by atoms with Crippen LogP contribution in [0.3, 0.4) is 0 Å². The molecule has 32 heavy (non-hydrogen) atoms. The van der Waals surface area contributed by atoms with Gasteiger partial charge in [0.2, 0.25) is 5.91 Å². The van der Waals surface area contributed by atoms with Gasteiger partial charge in [-0.15, -0.1) is 0 Å². The van der Waals surface area contributed by atoms with E-state index in [0.29, 0.717) is 32.2 Å². The molecule has 0 aromatic heterocycles. The van der Waals surface area contributed by atoms with Crippen LogP contribution in [0, 0.1) is 11.0 Å². The van der Waals surface area contributed by atoms with Crippen molar-refractivity contribution in [3.05, 3.63) is 59.7 Å². The maximum atomic E-state index is 12.6. The number of methoxy groups -OCH3 is 1. The number of carbonyl (C=O) groups excluding carboxylic acids is 2. The van der Waals surface area contributed by atoms with Gasteiger partial charge in [-0.3, -0.25) is 4.79 Å². The van der Waals surface area contributed by atoms with Crippen LogP contribution in [-0.4, -0.2) is 60.2 Å². The molecule has 1 saturated heterocycles. The monoisotopic (exact) mass is 450 g/mol. The molecule has 1 heterocycles. The highest BCUT2D eigenvalue weighted by Gasteiger charge is 2.27. The van der Waals surface area contributed by atoms with E-state index >= 15 is 0 Å². The van der Waals surface area contributed by atoms with Gasteiger partial charge in [-0.1, -0.05) is 48.5 Å². The SMILES string of the molecule is COC1CNC[C@@H](C(=O)N[Si](C#N)Cc2ccc(-c3cccc(CCC=O)c3)cc2)OC1. The molecule has 2 aromatic carbocycles. The number of aryl methyl sites for hydroxylation is 1. The van der Waals surface area contributed by atoms with Crippen molar-refractivity contribution in [1.82, 2.24) is 10.3 Å². The molecule has 1 unspecified atom stereocenters. The van der Waals surface area contributed by atoms with Crippen molar-refractivity contribution in [1.29, 1.82) is 5.26 Å². The van der Waals surface area contributed by atoms with Crippen molar-refractivity contribution < 1.29 is 19.1 Å². The van der Waals surface area contributed by atoms with E-state index in [-0.39, 0.29) is 12.0 Å². The molecule has 2 N–H and O–H groups in total. The van der Waals surface area contributed by atoms with Crippen LogP contribution in [0.5, 0.6) is 0 Å². The van der Waals surface area contributed by atoms with E-state index in [0.717, 1.165) is 35.0 Å². The molecule has 2 atom stereocenters. The standard InChI is InChI=1S/C24H28N3O4Si/c1-30-22-13-26-14-23(31-15-22)24(29)27-32(17-25)16-19-7-9-20(10-8-19)21-6-2-4-18(12-21)5-3-11-28/h2,4,6-12,22-23,26H,3,5,13-16H2,1H3,(H,27,29)/t22?,23-/m0/s1.